The monoisotopic (exact) mass is 687 g/mol. The molecule has 0 bridgehead atoms. The summed E-state index contributed by atoms with van der Waals surface area (Å²) in [5, 5.41) is 3.02. The Labute approximate surface area is 261 Å². The fourth-order valence-electron chi connectivity index (χ4n) is 5.26. The number of carbonyl (C=O) groups excluding carboxylic acids is 3. The van der Waals surface area contributed by atoms with Gasteiger partial charge in [-0.25, -0.2) is 4.90 Å². The number of hydrogen-bond acceptors (Lipinski definition) is 6. The number of nitrogens with one attached hydrogen (secondary N) is 1. The van der Waals surface area contributed by atoms with Crippen LogP contribution in [-0.4, -0.2) is 27.5 Å². The summed E-state index contributed by atoms with van der Waals surface area (Å²) in [6, 6.07) is 19.4. The Morgan fingerprint density at radius 1 is 1.00 bits per heavy atom. The van der Waals surface area contributed by atoms with E-state index in [0.717, 1.165) is 33.1 Å². The van der Waals surface area contributed by atoms with Gasteiger partial charge in [-0.05, 0) is 60.5 Å². The number of imide groups is 1. The molecule has 0 saturated carbocycles. The molecule has 6 rings (SSSR count). The van der Waals surface area contributed by atoms with Crippen molar-refractivity contribution in [3.8, 4) is 0 Å². The molecule has 12 heteroatoms. The van der Waals surface area contributed by atoms with Crippen molar-refractivity contribution in [1.29, 1.82) is 0 Å². The number of carbonyl (C=O) groups is 3. The number of halogens is 3. The molecule has 3 atom stereocenters. The second kappa shape index (κ2) is 11.1. The maximum absolute atomic E-state index is 14.0. The molecule has 2 aliphatic rings. The smallest absolute Gasteiger partial charge is 0.308 e. The number of aryl methyl sites for hydroxylation is 1. The average molecular weight is 689 g/mol. The molecule has 1 N–H and O–H groups in total. The topological polar surface area (TPSA) is 88.5 Å². The van der Waals surface area contributed by atoms with Gasteiger partial charge >= 0.3 is 4.87 Å². The van der Waals surface area contributed by atoms with Gasteiger partial charge in [-0.2, -0.15) is 0 Å². The van der Waals surface area contributed by atoms with Crippen LogP contribution >= 0.6 is 62.2 Å². The lowest BCUT2D eigenvalue weighted by molar-refractivity contribution is -0.122. The summed E-state index contributed by atoms with van der Waals surface area (Å²) in [6.45, 7) is 1.67. The lowest BCUT2D eigenvalue weighted by Crippen LogP contribution is -2.33. The average Bonchev–Trinajstić information content (AvgIpc) is 3.37. The molecule has 1 fully saturated rings. The van der Waals surface area contributed by atoms with Crippen molar-refractivity contribution in [2.24, 2.45) is 5.92 Å². The molecule has 0 spiro atoms. The van der Waals surface area contributed by atoms with Crippen LogP contribution in [0.3, 0.4) is 0 Å². The van der Waals surface area contributed by atoms with Gasteiger partial charge in [-0.15, -0.1) is 0 Å². The molecule has 0 radical (unpaired) electrons. The Morgan fingerprint density at radius 3 is 2.46 bits per heavy atom. The number of rotatable bonds is 5. The number of hydrogen-bond donors (Lipinski definition) is 1. The van der Waals surface area contributed by atoms with Crippen molar-refractivity contribution in [1.82, 2.24) is 4.57 Å². The summed E-state index contributed by atoms with van der Waals surface area (Å²) in [7, 11) is 0. The summed E-state index contributed by atoms with van der Waals surface area (Å²) in [5.74, 6) is -2.70. The summed E-state index contributed by atoms with van der Waals surface area (Å²) < 4.78 is 2.18. The quantitative estimate of drug-likeness (QED) is 0.235. The van der Waals surface area contributed by atoms with Crippen molar-refractivity contribution in [3.63, 3.8) is 0 Å². The molecule has 0 aliphatic carbocycles. The van der Waals surface area contributed by atoms with E-state index in [1.54, 1.807) is 48.5 Å². The Kier molecular flexibility index (Phi) is 7.63. The predicted octanol–water partition coefficient (Wildman–Crippen LogP) is 6.72. The number of benzene rings is 3. The zero-order valence-corrected chi connectivity index (χ0v) is 26.0. The van der Waals surface area contributed by atoms with Crippen molar-refractivity contribution >= 4 is 91.3 Å². The van der Waals surface area contributed by atoms with Crippen LogP contribution < -0.4 is 15.1 Å². The van der Waals surface area contributed by atoms with Crippen molar-refractivity contribution in [3.05, 3.63) is 107 Å². The highest BCUT2D eigenvalue weighted by Gasteiger charge is 2.57. The van der Waals surface area contributed by atoms with Gasteiger partial charge in [0.2, 0.25) is 17.7 Å². The third-order valence-electron chi connectivity index (χ3n) is 7.05. The van der Waals surface area contributed by atoms with Gasteiger partial charge in [0, 0.05) is 21.0 Å². The first kappa shape index (κ1) is 28.2. The summed E-state index contributed by atoms with van der Waals surface area (Å²) in [6.07, 6.45) is 0. The Hall–Kier alpha value is -2.89. The van der Waals surface area contributed by atoms with Crippen LogP contribution in [0.4, 0.5) is 11.4 Å². The highest BCUT2D eigenvalue weighted by molar-refractivity contribution is 9.10. The van der Waals surface area contributed by atoms with E-state index >= 15 is 0 Å². The van der Waals surface area contributed by atoms with Crippen molar-refractivity contribution in [2.45, 2.75) is 29.7 Å². The van der Waals surface area contributed by atoms with Crippen LogP contribution in [0, 0.1) is 12.8 Å². The summed E-state index contributed by atoms with van der Waals surface area (Å²) in [4.78, 5) is 55.6. The van der Waals surface area contributed by atoms with Gasteiger partial charge in [-0.3, -0.25) is 23.7 Å². The number of thioether (sulfide) groups is 1. The van der Waals surface area contributed by atoms with Gasteiger partial charge in [0.05, 0.1) is 26.7 Å². The van der Waals surface area contributed by atoms with E-state index in [2.05, 4.69) is 21.2 Å². The predicted molar refractivity (Wildman–Crippen MR) is 166 cm³/mol. The fourth-order valence-corrected chi connectivity index (χ4v) is 8.72. The van der Waals surface area contributed by atoms with E-state index in [0.29, 0.717) is 31.9 Å². The molecule has 7 nitrogen and oxygen atoms in total. The maximum Gasteiger partial charge on any atom is 0.308 e. The van der Waals surface area contributed by atoms with E-state index in [1.807, 2.05) is 25.1 Å². The van der Waals surface area contributed by atoms with E-state index in [4.69, 9.17) is 23.2 Å². The molecule has 3 amide bonds. The van der Waals surface area contributed by atoms with E-state index < -0.39 is 23.0 Å². The minimum Gasteiger partial charge on any atom is -0.325 e. The van der Waals surface area contributed by atoms with Crippen LogP contribution in [0.25, 0.3) is 0 Å². The van der Waals surface area contributed by atoms with E-state index in [-0.39, 0.29) is 28.3 Å². The lowest BCUT2D eigenvalue weighted by atomic mass is 9.83. The molecule has 3 aromatic carbocycles. The largest absolute Gasteiger partial charge is 0.325 e. The van der Waals surface area contributed by atoms with Gasteiger partial charge < -0.3 is 5.32 Å². The van der Waals surface area contributed by atoms with Gasteiger partial charge in [-0.1, -0.05) is 86.5 Å². The minimum atomic E-state index is -0.834. The molecule has 208 valence electrons. The second-order valence-corrected chi connectivity index (χ2v) is 13.5. The highest BCUT2D eigenvalue weighted by Crippen LogP contribution is 2.55. The number of aromatic nitrogens is 1. The SMILES string of the molecule is Cc1cccc(NC(=O)Cn2c3c(sc2=O)[C@H](c2cccc(Cl)c2Cl)C2C(=O)N(c4ccc(Br)cc4)C(=O)C2S3)c1. The van der Waals surface area contributed by atoms with E-state index in [1.165, 1.54) is 9.47 Å². The third kappa shape index (κ3) is 5.06. The van der Waals surface area contributed by atoms with Crippen LogP contribution in [0.2, 0.25) is 10.0 Å². The van der Waals surface area contributed by atoms with E-state index in [9.17, 15) is 19.2 Å². The third-order valence-corrected chi connectivity index (χ3v) is 11.0. The molecule has 3 heterocycles. The summed E-state index contributed by atoms with van der Waals surface area (Å²) >= 11 is 18.5. The highest BCUT2D eigenvalue weighted by atomic mass is 79.9. The van der Waals surface area contributed by atoms with Gasteiger partial charge in [0.15, 0.2) is 0 Å². The zero-order valence-electron chi connectivity index (χ0n) is 21.3. The molecule has 1 saturated heterocycles. The second-order valence-electron chi connectivity index (χ2n) is 9.71. The first-order valence-electron chi connectivity index (χ1n) is 12.5. The molecule has 41 heavy (non-hydrogen) atoms. The Balaban J connectivity index is 1.44. The summed E-state index contributed by atoms with van der Waals surface area (Å²) in [5.41, 5.74) is 2.60. The van der Waals surface area contributed by atoms with Gasteiger partial charge in [0.1, 0.15) is 11.8 Å². The first-order chi connectivity index (χ1) is 19.6. The number of anilines is 2. The van der Waals surface area contributed by atoms with Crippen molar-refractivity contribution in [2.75, 3.05) is 10.2 Å². The molecule has 2 unspecified atom stereocenters. The number of fused-ring (bicyclic) bond motifs is 2. The van der Waals surface area contributed by atoms with Crippen LogP contribution in [-0.2, 0) is 20.9 Å². The molecule has 4 aromatic rings. The molecule has 1 aromatic heterocycles. The molecular formula is C29H20BrCl2N3O4S2. The van der Waals surface area contributed by atoms with Gasteiger partial charge in [0.25, 0.3) is 0 Å². The number of thiazole rings is 1. The normalized spacial score (nSPS) is 19.7. The zero-order chi connectivity index (χ0) is 29.0. The minimum absolute atomic E-state index is 0.252. The van der Waals surface area contributed by atoms with Crippen molar-refractivity contribution < 1.29 is 14.4 Å². The maximum atomic E-state index is 14.0. The standard InChI is InChI=1S/C29H20BrCl2N3O4S2/c1-14-4-2-5-16(12-14)33-20(36)13-34-28-25(41-29(34)39)21(18-6-3-7-19(31)23(18)32)22-24(40-28)27(38)35(26(22)37)17-10-8-15(30)9-11-17/h2-12,21-22,24H,13H2,1H3,(H,33,36)/t21-,22?,24?/m1/s1. The van der Waals surface area contributed by atoms with Crippen LogP contribution in [0.1, 0.15) is 21.9 Å². The fraction of sp³-hybridized carbons (Fsp3) is 0.172. The number of amides is 3. The number of nitrogens with zero attached hydrogens (tertiary/aromatic N) is 2. The Morgan fingerprint density at radius 2 is 1.73 bits per heavy atom. The molecule has 2 aliphatic heterocycles. The first-order valence-corrected chi connectivity index (χ1v) is 15.7. The Bertz CT molecular complexity index is 1790. The lowest BCUT2D eigenvalue weighted by Gasteiger charge is -2.31. The van der Waals surface area contributed by atoms with Crippen LogP contribution in [0.15, 0.2) is 81.0 Å². The van der Waals surface area contributed by atoms with Crippen LogP contribution in [0.5, 0.6) is 0 Å². The molecular weight excluding hydrogens is 669 g/mol.